The van der Waals surface area contributed by atoms with Crippen LogP contribution in [0.2, 0.25) is 0 Å². The third kappa shape index (κ3) is 4.28. The fraction of sp³-hybridized carbons (Fsp3) is 0.667. The van der Waals surface area contributed by atoms with E-state index in [1.165, 1.54) is 33.1 Å². The van der Waals surface area contributed by atoms with Gasteiger partial charge in [-0.2, -0.15) is 0 Å². The Bertz CT molecular complexity index is 775. The highest BCUT2D eigenvalue weighted by Gasteiger charge is 2.35. The first-order valence-corrected chi connectivity index (χ1v) is 11.7. The molecule has 0 saturated carbocycles. The summed E-state index contributed by atoms with van der Waals surface area (Å²) in [5.74, 6) is -0.757. The van der Waals surface area contributed by atoms with Crippen molar-refractivity contribution in [2.45, 2.75) is 57.6 Å². The second-order valence-electron chi connectivity index (χ2n) is 7.17. The lowest BCUT2D eigenvalue weighted by atomic mass is 10.1. The molecule has 26 heavy (non-hydrogen) atoms. The molecule has 0 aromatic carbocycles. The monoisotopic (exact) mass is 399 g/mol. The molecule has 2 atom stereocenters. The molecule has 144 valence electrons. The predicted molar refractivity (Wildman–Crippen MR) is 100 cm³/mol. The molecule has 0 unspecified atom stereocenters. The van der Waals surface area contributed by atoms with Crippen molar-refractivity contribution in [1.82, 2.24) is 4.90 Å². The SMILES string of the molecule is C[C@H](OC(=O)c1cc2c(s1)CCCCC2)C(=O)N(C)[C@H]1CCS(=O)(=O)C1. The molecule has 1 fully saturated rings. The maximum absolute atomic E-state index is 12.5. The van der Waals surface area contributed by atoms with Gasteiger partial charge in [-0.05, 0) is 50.7 Å². The van der Waals surface area contributed by atoms with E-state index in [2.05, 4.69) is 0 Å². The van der Waals surface area contributed by atoms with E-state index in [4.69, 9.17) is 4.74 Å². The van der Waals surface area contributed by atoms with Crippen LogP contribution in [0.3, 0.4) is 0 Å². The molecule has 0 spiro atoms. The largest absolute Gasteiger partial charge is 0.448 e. The summed E-state index contributed by atoms with van der Waals surface area (Å²) in [5, 5.41) is 0. The molecule has 2 aliphatic rings. The molecule has 1 aromatic rings. The van der Waals surface area contributed by atoms with Gasteiger partial charge in [0.15, 0.2) is 15.9 Å². The lowest BCUT2D eigenvalue weighted by Crippen LogP contribution is -2.44. The molecule has 1 saturated heterocycles. The van der Waals surface area contributed by atoms with Gasteiger partial charge in [0, 0.05) is 18.0 Å². The third-order valence-electron chi connectivity index (χ3n) is 5.18. The highest BCUT2D eigenvalue weighted by Crippen LogP contribution is 2.29. The van der Waals surface area contributed by atoms with Gasteiger partial charge in [0.05, 0.1) is 11.5 Å². The van der Waals surface area contributed by atoms with Gasteiger partial charge in [0.25, 0.3) is 5.91 Å². The number of likely N-dealkylation sites (N-methyl/N-ethyl adjacent to an activating group) is 1. The molecule has 8 heteroatoms. The molecule has 1 aromatic heterocycles. The number of fused-ring (bicyclic) bond motifs is 1. The van der Waals surface area contributed by atoms with Crippen LogP contribution in [0.4, 0.5) is 0 Å². The molecular weight excluding hydrogens is 374 g/mol. The number of ether oxygens (including phenoxy) is 1. The number of sulfone groups is 1. The highest BCUT2D eigenvalue weighted by molar-refractivity contribution is 7.91. The second kappa shape index (κ2) is 7.68. The summed E-state index contributed by atoms with van der Waals surface area (Å²) in [6.07, 6.45) is 5.00. The van der Waals surface area contributed by atoms with E-state index < -0.39 is 21.9 Å². The lowest BCUT2D eigenvalue weighted by molar-refractivity contribution is -0.140. The van der Waals surface area contributed by atoms with Crippen LogP contribution in [0.1, 0.15) is 52.7 Å². The van der Waals surface area contributed by atoms with E-state index in [0.29, 0.717) is 11.3 Å². The number of carbonyl (C=O) groups is 2. The van der Waals surface area contributed by atoms with Crippen LogP contribution in [0.5, 0.6) is 0 Å². The fourth-order valence-electron chi connectivity index (χ4n) is 3.58. The maximum atomic E-state index is 12.5. The standard InChI is InChI=1S/C18H25NO5S2/c1-12(17(20)19(2)14-8-9-26(22,23)11-14)24-18(21)16-10-13-6-4-3-5-7-15(13)25-16/h10,12,14H,3-9,11H2,1-2H3/t12-,14-/m0/s1. The first kappa shape index (κ1) is 19.4. The topological polar surface area (TPSA) is 80.8 Å². The van der Waals surface area contributed by atoms with E-state index >= 15 is 0 Å². The van der Waals surface area contributed by atoms with Crippen LogP contribution in [0, 0.1) is 0 Å². The first-order valence-electron chi connectivity index (χ1n) is 9.06. The zero-order chi connectivity index (χ0) is 18.9. The molecular formula is C18H25NO5S2. The Labute approximate surface area is 158 Å². The van der Waals surface area contributed by atoms with Gasteiger partial charge < -0.3 is 9.64 Å². The first-order chi connectivity index (χ1) is 12.3. The second-order valence-corrected chi connectivity index (χ2v) is 10.5. The smallest absolute Gasteiger partial charge is 0.349 e. The van der Waals surface area contributed by atoms with Gasteiger partial charge in [0.2, 0.25) is 0 Å². The Hall–Kier alpha value is -1.41. The summed E-state index contributed by atoms with van der Waals surface area (Å²) in [6, 6.07) is 1.56. The minimum atomic E-state index is -3.07. The zero-order valence-electron chi connectivity index (χ0n) is 15.2. The van der Waals surface area contributed by atoms with E-state index in [9.17, 15) is 18.0 Å². The summed E-state index contributed by atoms with van der Waals surface area (Å²) in [6.45, 7) is 1.54. The average Bonchev–Trinajstić information content (AvgIpc) is 3.09. The van der Waals surface area contributed by atoms with Crippen LogP contribution < -0.4 is 0 Å². The number of hydrogen-bond acceptors (Lipinski definition) is 6. The number of aryl methyl sites for hydroxylation is 2. The number of rotatable bonds is 4. The summed E-state index contributed by atoms with van der Waals surface area (Å²) in [4.78, 5) is 28.1. The fourth-order valence-corrected chi connectivity index (χ4v) is 6.50. The van der Waals surface area contributed by atoms with Gasteiger partial charge in [-0.15, -0.1) is 11.3 Å². The number of hydrogen-bond donors (Lipinski definition) is 0. The number of esters is 1. The number of carbonyl (C=O) groups excluding carboxylic acids is 2. The molecule has 0 bridgehead atoms. The number of thiophene rings is 1. The van der Waals surface area contributed by atoms with Gasteiger partial charge in [-0.25, -0.2) is 13.2 Å². The summed E-state index contributed by atoms with van der Waals surface area (Å²) in [7, 11) is -1.50. The van der Waals surface area contributed by atoms with Gasteiger partial charge in [0.1, 0.15) is 4.88 Å². The van der Waals surface area contributed by atoms with Crippen LogP contribution in [-0.2, 0) is 32.2 Å². The zero-order valence-corrected chi connectivity index (χ0v) is 16.8. The maximum Gasteiger partial charge on any atom is 0.349 e. The number of amides is 1. The van der Waals surface area contributed by atoms with Crippen molar-refractivity contribution in [3.8, 4) is 0 Å². The van der Waals surface area contributed by atoms with Crippen molar-refractivity contribution in [2.75, 3.05) is 18.6 Å². The van der Waals surface area contributed by atoms with Crippen molar-refractivity contribution in [3.63, 3.8) is 0 Å². The third-order valence-corrected chi connectivity index (χ3v) is 8.15. The molecule has 2 heterocycles. The predicted octanol–water partition coefficient (Wildman–Crippen LogP) is 2.21. The van der Waals surface area contributed by atoms with Crippen molar-refractivity contribution < 1.29 is 22.7 Å². The Morgan fingerprint density at radius 3 is 2.69 bits per heavy atom. The molecule has 0 radical (unpaired) electrons. The Kier molecular flexibility index (Phi) is 5.72. The lowest BCUT2D eigenvalue weighted by Gasteiger charge is -2.26. The molecule has 1 aliphatic heterocycles. The van der Waals surface area contributed by atoms with E-state index in [1.807, 2.05) is 6.07 Å². The minimum Gasteiger partial charge on any atom is -0.448 e. The molecule has 3 rings (SSSR count). The number of nitrogens with zero attached hydrogens (tertiary/aromatic N) is 1. The minimum absolute atomic E-state index is 0.0203. The van der Waals surface area contributed by atoms with Crippen molar-refractivity contribution in [2.24, 2.45) is 0 Å². The van der Waals surface area contributed by atoms with Gasteiger partial charge in [-0.1, -0.05) is 6.42 Å². The molecule has 1 aliphatic carbocycles. The average molecular weight is 400 g/mol. The Morgan fingerprint density at radius 1 is 1.27 bits per heavy atom. The van der Waals surface area contributed by atoms with Crippen LogP contribution >= 0.6 is 11.3 Å². The Morgan fingerprint density at radius 2 is 2.00 bits per heavy atom. The van der Waals surface area contributed by atoms with Crippen LogP contribution in [-0.4, -0.2) is 55.9 Å². The summed E-state index contributed by atoms with van der Waals surface area (Å²) < 4.78 is 28.6. The van der Waals surface area contributed by atoms with Crippen LogP contribution in [0.25, 0.3) is 0 Å². The summed E-state index contributed by atoms with van der Waals surface area (Å²) >= 11 is 1.47. The quantitative estimate of drug-likeness (QED) is 0.573. The van der Waals surface area contributed by atoms with Crippen LogP contribution in [0.15, 0.2) is 6.07 Å². The van der Waals surface area contributed by atoms with E-state index in [-0.39, 0.29) is 23.5 Å². The van der Waals surface area contributed by atoms with Gasteiger partial charge >= 0.3 is 5.97 Å². The Balaban J connectivity index is 1.61. The molecule has 6 nitrogen and oxygen atoms in total. The highest BCUT2D eigenvalue weighted by atomic mass is 32.2. The van der Waals surface area contributed by atoms with E-state index in [0.717, 1.165) is 25.7 Å². The van der Waals surface area contributed by atoms with Crippen molar-refractivity contribution in [1.29, 1.82) is 0 Å². The van der Waals surface area contributed by atoms with Crippen molar-refractivity contribution in [3.05, 3.63) is 21.4 Å². The molecule has 0 N–H and O–H groups in total. The molecule has 1 amide bonds. The van der Waals surface area contributed by atoms with Crippen molar-refractivity contribution >= 4 is 33.1 Å². The normalized spacial score (nSPS) is 22.9. The van der Waals surface area contributed by atoms with Gasteiger partial charge in [-0.3, -0.25) is 4.79 Å². The summed E-state index contributed by atoms with van der Waals surface area (Å²) in [5.41, 5.74) is 1.23. The van der Waals surface area contributed by atoms with E-state index in [1.54, 1.807) is 14.0 Å².